The van der Waals surface area contributed by atoms with Crippen LogP contribution in [-0.2, 0) is 18.6 Å². The van der Waals surface area contributed by atoms with E-state index in [4.69, 9.17) is 19.7 Å². The number of morpholine rings is 1. The van der Waals surface area contributed by atoms with Crippen LogP contribution in [0.15, 0.2) is 17.1 Å². The minimum absolute atomic E-state index is 0.00546. The molecule has 3 rings (SSSR count). The molecule has 2 aliphatic heterocycles. The molecule has 0 radical (unpaired) electrons. The van der Waals surface area contributed by atoms with Crippen molar-refractivity contribution in [1.29, 1.82) is 0 Å². The van der Waals surface area contributed by atoms with Crippen LogP contribution in [0.1, 0.15) is 6.23 Å². The topological polar surface area (TPSA) is 170 Å². The summed E-state index contributed by atoms with van der Waals surface area (Å²) in [5, 5.41) is 20.3. The van der Waals surface area contributed by atoms with Crippen molar-refractivity contribution in [2.75, 3.05) is 38.6 Å². The first-order valence-corrected chi connectivity index (χ1v) is 9.49. The van der Waals surface area contributed by atoms with Crippen molar-refractivity contribution in [1.82, 2.24) is 14.2 Å². The Bertz CT molecular complexity index is 739. The second-order valence-corrected chi connectivity index (χ2v) is 7.75. The number of ether oxygens (including phenoxy) is 2. The van der Waals surface area contributed by atoms with Gasteiger partial charge < -0.3 is 30.3 Å². The third-order valence-electron chi connectivity index (χ3n) is 4.21. The average molecular weight is 392 g/mol. The van der Waals surface area contributed by atoms with Crippen molar-refractivity contribution in [3.8, 4) is 0 Å². The molecule has 0 spiro atoms. The first kappa shape index (κ1) is 19.4. The number of hydrogen-bond donors (Lipinski definition) is 4. The van der Waals surface area contributed by atoms with Gasteiger partial charge in [-0.2, -0.15) is 4.98 Å². The molecule has 13 heteroatoms. The van der Waals surface area contributed by atoms with Gasteiger partial charge >= 0.3 is 13.4 Å². The molecule has 0 saturated carbocycles. The molecule has 0 aromatic carbocycles. The van der Waals surface area contributed by atoms with Crippen LogP contribution in [0.4, 0.5) is 5.82 Å². The quantitative estimate of drug-likeness (QED) is 0.405. The summed E-state index contributed by atoms with van der Waals surface area (Å²) in [5.74, 6) is 0.00546. The molecule has 26 heavy (non-hydrogen) atoms. The van der Waals surface area contributed by atoms with E-state index >= 15 is 0 Å². The van der Waals surface area contributed by atoms with E-state index in [2.05, 4.69) is 4.98 Å². The molecule has 2 aliphatic rings. The number of aliphatic hydroxyl groups excluding tert-OH is 2. The zero-order valence-corrected chi connectivity index (χ0v) is 14.6. The van der Waals surface area contributed by atoms with E-state index in [9.17, 15) is 24.5 Å². The van der Waals surface area contributed by atoms with Crippen molar-refractivity contribution in [2.24, 2.45) is 0 Å². The molecule has 2 fully saturated rings. The summed E-state index contributed by atoms with van der Waals surface area (Å²) in [6.07, 6.45) is -3.93. The number of anilines is 1. The Kier molecular flexibility index (Phi) is 5.75. The highest BCUT2D eigenvalue weighted by atomic mass is 31.2. The SMILES string of the molecule is Nc1ccn([C@@H]2O[C@H](COP(=O)(O)N3CCOCC3)[C@@H](O)[C@@H]2O)c(=O)n1. The Hall–Kier alpha value is -1.37. The summed E-state index contributed by atoms with van der Waals surface area (Å²) in [4.78, 5) is 25.4. The molecule has 1 aromatic rings. The molecule has 146 valence electrons. The van der Waals surface area contributed by atoms with E-state index in [-0.39, 0.29) is 18.9 Å². The minimum Gasteiger partial charge on any atom is -0.387 e. The van der Waals surface area contributed by atoms with Crippen LogP contribution in [0, 0.1) is 0 Å². The number of nitrogen functional groups attached to an aromatic ring is 1. The lowest BCUT2D eigenvalue weighted by atomic mass is 10.1. The first-order valence-electron chi connectivity index (χ1n) is 7.96. The fraction of sp³-hybridized carbons (Fsp3) is 0.692. The third-order valence-corrected chi connectivity index (χ3v) is 5.82. The maximum Gasteiger partial charge on any atom is 0.405 e. The molecule has 5 atom stereocenters. The summed E-state index contributed by atoms with van der Waals surface area (Å²) in [6.45, 7) is 0.644. The molecule has 12 nitrogen and oxygen atoms in total. The smallest absolute Gasteiger partial charge is 0.387 e. The van der Waals surface area contributed by atoms with Crippen LogP contribution in [0.5, 0.6) is 0 Å². The average Bonchev–Trinajstić information content (AvgIpc) is 2.89. The van der Waals surface area contributed by atoms with Crippen molar-refractivity contribution >= 4 is 13.6 Å². The second-order valence-electron chi connectivity index (χ2n) is 5.94. The van der Waals surface area contributed by atoms with E-state index in [0.29, 0.717) is 13.2 Å². The minimum atomic E-state index is -4.09. The number of aromatic nitrogens is 2. The van der Waals surface area contributed by atoms with Gasteiger partial charge in [0.25, 0.3) is 0 Å². The number of rotatable bonds is 5. The van der Waals surface area contributed by atoms with Crippen molar-refractivity contribution < 1.29 is 33.7 Å². The summed E-state index contributed by atoms with van der Waals surface area (Å²) >= 11 is 0. The van der Waals surface area contributed by atoms with Crippen LogP contribution in [0.3, 0.4) is 0 Å². The van der Waals surface area contributed by atoms with Gasteiger partial charge in [-0.1, -0.05) is 0 Å². The molecule has 1 unspecified atom stereocenters. The fourth-order valence-corrected chi connectivity index (χ4v) is 3.95. The predicted molar refractivity (Wildman–Crippen MR) is 87.0 cm³/mol. The fourth-order valence-electron chi connectivity index (χ4n) is 2.77. The van der Waals surface area contributed by atoms with Gasteiger partial charge in [-0.15, -0.1) is 0 Å². The predicted octanol–water partition coefficient (Wildman–Crippen LogP) is -2.11. The molecule has 1 aromatic heterocycles. The monoisotopic (exact) mass is 392 g/mol. The summed E-state index contributed by atoms with van der Waals surface area (Å²) in [7, 11) is -4.09. The van der Waals surface area contributed by atoms with Gasteiger partial charge in [-0.05, 0) is 6.07 Å². The number of nitrogens with two attached hydrogens (primary N) is 1. The third kappa shape index (κ3) is 3.97. The van der Waals surface area contributed by atoms with Gasteiger partial charge in [-0.25, -0.2) is 14.0 Å². The lowest BCUT2D eigenvalue weighted by Gasteiger charge is -2.30. The number of aliphatic hydroxyl groups is 2. The number of nitrogens with zero attached hydrogens (tertiary/aromatic N) is 3. The van der Waals surface area contributed by atoms with E-state index < -0.39 is 44.6 Å². The molecule has 2 saturated heterocycles. The zero-order chi connectivity index (χ0) is 18.9. The summed E-state index contributed by atoms with van der Waals surface area (Å²) in [6, 6.07) is 1.34. The second kappa shape index (κ2) is 7.71. The zero-order valence-electron chi connectivity index (χ0n) is 13.7. The number of hydrogen-bond acceptors (Lipinski definition) is 9. The van der Waals surface area contributed by atoms with Crippen LogP contribution < -0.4 is 11.4 Å². The van der Waals surface area contributed by atoms with E-state index in [1.54, 1.807) is 0 Å². The largest absolute Gasteiger partial charge is 0.405 e. The Labute approximate surface area is 148 Å². The lowest BCUT2D eigenvalue weighted by molar-refractivity contribution is -0.0545. The van der Waals surface area contributed by atoms with Crippen molar-refractivity contribution in [3.05, 3.63) is 22.7 Å². The normalized spacial score (nSPS) is 32.4. The van der Waals surface area contributed by atoms with Gasteiger partial charge in [0.05, 0.1) is 19.8 Å². The summed E-state index contributed by atoms with van der Waals surface area (Å²) in [5.41, 5.74) is 4.65. The van der Waals surface area contributed by atoms with Gasteiger partial charge in [0.1, 0.15) is 24.1 Å². The van der Waals surface area contributed by atoms with Gasteiger partial charge in [0.15, 0.2) is 6.23 Å². The summed E-state index contributed by atoms with van der Waals surface area (Å²) < 4.78 is 30.1. The van der Waals surface area contributed by atoms with Gasteiger partial charge in [0, 0.05) is 19.3 Å². The van der Waals surface area contributed by atoms with Crippen LogP contribution in [0.2, 0.25) is 0 Å². The molecule has 0 aliphatic carbocycles. The Morgan fingerprint density at radius 2 is 2.04 bits per heavy atom. The van der Waals surface area contributed by atoms with Crippen molar-refractivity contribution in [2.45, 2.75) is 24.5 Å². The Morgan fingerprint density at radius 3 is 2.69 bits per heavy atom. The van der Waals surface area contributed by atoms with Crippen LogP contribution >= 0.6 is 7.75 Å². The maximum absolute atomic E-state index is 12.3. The highest BCUT2D eigenvalue weighted by molar-refractivity contribution is 7.50. The first-order chi connectivity index (χ1) is 12.3. The van der Waals surface area contributed by atoms with Crippen molar-refractivity contribution in [3.63, 3.8) is 0 Å². The maximum atomic E-state index is 12.3. The van der Waals surface area contributed by atoms with Crippen LogP contribution in [0.25, 0.3) is 0 Å². The molecule has 5 N–H and O–H groups in total. The van der Waals surface area contributed by atoms with Crippen LogP contribution in [-0.4, -0.2) is 80.6 Å². The van der Waals surface area contributed by atoms with Gasteiger partial charge in [0.2, 0.25) is 0 Å². The molecular weight excluding hydrogens is 371 g/mol. The highest BCUT2D eigenvalue weighted by Crippen LogP contribution is 2.47. The molecule has 3 heterocycles. The van der Waals surface area contributed by atoms with E-state index in [0.717, 1.165) is 4.57 Å². The lowest BCUT2D eigenvalue weighted by Crippen LogP contribution is -2.37. The van der Waals surface area contributed by atoms with E-state index in [1.165, 1.54) is 16.9 Å². The van der Waals surface area contributed by atoms with E-state index in [1.807, 2.05) is 0 Å². The molecular formula is C13H21N4O8P. The highest BCUT2D eigenvalue weighted by Gasteiger charge is 2.45. The standard InChI is InChI=1S/C13H21N4O8P/c14-9-1-2-17(13(20)15-9)12-11(19)10(18)8(25-12)7-24-26(21,22)16-3-5-23-6-4-16/h1-2,8,10-12,18-19H,3-7H2,(H,21,22)(H2,14,15,20)/t8-,10-,11+,12-/m1/s1. The molecule has 0 amide bonds. The Balaban J connectivity index is 1.66. The van der Waals surface area contributed by atoms with Gasteiger partial charge in [-0.3, -0.25) is 9.09 Å². The Morgan fingerprint density at radius 1 is 1.35 bits per heavy atom. The molecule has 0 bridgehead atoms.